The molecule has 1 aliphatic rings. The van der Waals surface area contributed by atoms with Gasteiger partial charge in [-0.05, 0) is 31.9 Å². The zero-order chi connectivity index (χ0) is 10.7. The summed E-state index contributed by atoms with van der Waals surface area (Å²) < 4.78 is 0. The van der Waals surface area contributed by atoms with E-state index in [0.717, 1.165) is 18.5 Å². The molecule has 0 atom stereocenters. The first-order valence-electron chi connectivity index (χ1n) is 5.29. The number of amides is 2. The Bertz CT molecular complexity index is 335. The van der Waals surface area contributed by atoms with Gasteiger partial charge in [0.25, 0.3) is 0 Å². The third kappa shape index (κ3) is 2.46. The Morgan fingerprint density at radius 3 is 2.73 bits per heavy atom. The third-order valence-corrected chi connectivity index (χ3v) is 2.44. The molecular weight excluding hydrogens is 190 g/mol. The molecule has 15 heavy (non-hydrogen) atoms. The normalized spacial score (nSPS) is 14.7. The second-order valence-electron chi connectivity index (χ2n) is 3.67. The Morgan fingerprint density at radius 1 is 1.53 bits per heavy atom. The molecule has 80 valence electrons. The molecule has 1 fully saturated rings. The number of pyridine rings is 1. The lowest BCUT2D eigenvalue weighted by Crippen LogP contribution is -2.41. The zero-order valence-electron chi connectivity index (χ0n) is 8.81. The summed E-state index contributed by atoms with van der Waals surface area (Å²) in [6, 6.07) is 4.07. The maximum atomic E-state index is 11.8. The summed E-state index contributed by atoms with van der Waals surface area (Å²) in [5.74, 6) is 0. The van der Waals surface area contributed by atoms with Gasteiger partial charge in [-0.25, -0.2) is 4.79 Å². The molecule has 0 saturated heterocycles. The first kappa shape index (κ1) is 9.96. The summed E-state index contributed by atoms with van der Waals surface area (Å²) in [5.41, 5.74) is 0.894. The summed E-state index contributed by atoms with van der Waals surface area (Å²) in [5, 5.41) is 2.97. The molecule has 2 amide bonds. The Morgan fingerprint density at radius 2 is 2.20 bits per heavy atom. The number of nitrogens with one attached hydrogen (secondary N) is 1. The Hall–Kier alpha value is -1.58. The first-order valence-corrected chi connectivity index (χ1v) is 5.29. The molecule has 4 nitrogen and oxygen atoms in total. The highest BCUT2D eigenvalue weighted by molar-refractivity contribution is 5.92. The van der Waals surface area contributed by atoms with E-state index in [-0.39, 0.29) is 6.03 Å². The smallest absolute Gasteiger partial charge is 0.322 e. The molecular formula is C11H15N3O. The molecule has 0 aliphatic heterocycles. The van der Waals surface area contributed by atoms with E-state index in [1.807, 2.05) is 19.1 Å². The van der Waals surface area contributed by atoms with Crippen molar-refractivity contribution < 1.29 is 4.79 Å². The number of rotatable bonds is 3. The minimum atomic E-state index is -0.00815. The average molecular weight is 205 g/mol. The fourth-order valence-corrected chi connectivity index (χ4v) is 1.45. The molecule has 1 aromatic heterocycles. The first-order chi connectivity index (χ1) is 7.31. The fourth-order valence-electron chi connectivity index (χ4n) is 1.45. The van der Waals surface area contributed by atoms with E-state index in [1.54, 1.807) is 17.3 Å². The van der Waals surface area contributed by atoms with Gasteiger partial charge in [-0.2, -0.15) is 0 Å². The number of carbonyl (C=O) groups excluding carboxylic acids is 1. The summed E-state index contributed by atoms with van der Waals surface area (Å²) in [4.78, 5) is 17.5. The number of aromatic nitrogens is 1. The number of nitrogens with zero attached hydrogens (tertiary/aromatic N) is 2. The van der Waals surface area contributed by atoms with Crippen LogP contribution in [-0.4, -0.2) is 23.6 Å². The lowest BCUT2D eigenvalue weighted by atomic mass is 10.3. The van der Waals surface area contributed by atoms with Gasteiger partial charge in [0.1, 0.15) is 0 Å². The molecule has 1 aliphatic carbocycles. The Labute approximate surface area is 89.3 Å². The van der Waals surface area contributed by atoms with E-state index in [9.17, 15) is 4.79 Å². The van der Waals surface area contributed by atoms with Crippen LogP contribution in [0.5, 0.6) is 0 Å². The van der Waals surface area contributed by atoms with Crippen molar-refractivity contribution in [1.29, 1.82) is 0 Å². The van der Waals surface area contributed by atoms with Crippen LogP contribution in [-0.2, 0) is 0 Å². The molecule has 1 heterocycles. The number of urea groups is 1. The zero-order valence-corrected chi connectivity index (χ0v) is 8.81. The van der Waals surface area contributed by atoms with Gasteiger partial charge in [0.05, 0.1) is 0 Å². The van der Waals surface area contributed by atoms with Gasteiger partial charge in [-0.3, -0.25) is 9.88 Å². The second kappa shape index (κ2) is 4.29. The Kier molecular flexibility index (Phi) is 2.85. The van der Waals surface area contributed by atoms with Crippen molar-refractivity contribution in [3.05, 3.63) is 24.5 Å². The average Bonchev–Trinajstić information content (AvgIpc) is 3.04. The van der Waals surface area contributed by atoms with Crippen molar-refractivity contribution in [3.63, 3.8) is 0 Å². The molecule has 1 aromatic rings. The van der Waals surface area contributed by atoms with Crippen LogP contribution in [0.2, 0.25) is 0 Å². The number of anilines is 1. The van der Waals surface area contributed by atoms with E-state index in [1.165, 1.54) is 0 Å². The van der Waals surface area contributed by atoms with E-state index in [0.29, 0.717) is 12.6 Å². The fraction of sp³-hybridized carbons (Fsp3) is 0.455. The van der Waals surface area contributed by atoms with Gasteiger partial charge >= 0.3 is 6.03 Å². The van der Waals surface area contributed by atoms with Crippen molar-refractivity contribution >= 4 is 11.7 Å². The van der Waals surface area contributed by atoms with Crippen molar-refractivity contribution in [2.24, 2.45) is 0 Å². The number of carbonyl (C=O) groups is 1. The van der Waals surface area contributed by atoms with Gasteiger partial charge in [0.2, 0.25) is 0 Å². The van der Waals surface area contributed by atoms with Crippen molar-refractivity contribution in [3.8, 4) is 0 Å². The Balaban J connectivity index is 2.05. The maximum absolute atomic E-state index is 11.8. The van der Waals surface area contributed by atoms with E-state index < -0.39 is 0 Å². The van der Waals surface area contributed by atoms with Gasteiger partial charge in [0, 0.05) is 30.7 Å². The van der Waals surface area contributed by atoms with Crippen LogP contribution in [0.15, 0.2) is 24.5 Å². The van der Waals surface area contributed by atoms with Crippen LogP contribution in [0.3, 0.4) is 0 Å². The molecule has 0 radical (unpaired) electrons. The van der Waals surface area contributed by atoms with Crippen LogP contribution in [0.4, 0.5) is 10.5 Å². The van der Waals surface area contributed by atoms with Crippen LogP contribution in [0.25, 0.3) is 0 Å². The summed E-state index contributed by atoms with van der Waals surface area (Å²) in [7, 11) is 0. The minimum absolute atomic E-state index is 0.00815. The molecule has 1 N–H and O–H groups in total. The van der Waals surface area contributed by atoms with Crippen LogP contribution in [0.1, 0.15) is 19.8 Å². The number of hydrogen-bond acceptors (Lipinski definition) is 2. The van der Waals surface area contributed by atoms with Crippen molar-refractivity contribution in [2.75, 3.05) is 11.4 Å². The molecule has 0 bridgehead atoms. The maximum Gasteiger partial charge on any atom is 0.322 e. The topological polar surface area (TPSA) is 45.2 Å². The summed E-state index contributed by atoms with van der Waals surface area (Å²) in [6.07, 6.45) is 5.62. The van der Waals surface area contributed by atoms with E-state index in [2.05, 4.69) is 10.3 Å². The van der Waals surface area contributed by atoms with Crippen LogP contribution in [0, 0.1) is 0 Å². The molecule has 0 unspecified atom stereocenters. The van der Waals surface area contributed by atoms with Gasteiger partial charge in [-0.1, -0.05) is 0 Å². The monoisotopic (exact) mass is 205 g/mol. The quantitative estimate of drug-likeness (QED) is 0.817. The highest BCUT2D eigenvalue weighted by Gasteiger charge is 2.25. The van der Waals surface area contributed by atoms with Gasteiger partial charge < -0.3 is 5.32 Å². The van der Waals surface area contributed by atoms with Gasteiger partial charge in [0.15, 0.2) is 0 Å². The highest BCUT2D eigenvalue weighted by atomic mass is 16.2. The highest BCUT2D eigenvalue weighted by Crippen LogP contribution is 2.20. The van der Waals surface area contributed by atoms with Crippen molar-refractivity contribution in [1.82, 2.24) is 10.3 Å². The third-order valence-electron chi connectivity index (χ3n) is 2.44. The van der Waals surface area contributed by atoms with Crippen LogP contribution >= 0.6 is 0 Å². The van der Waals surface area contributed by atoms with E-state index >= 15 is 0 Å². The van der Waals surface area contributed by atoms with Gasteiger partial charge in [-0.15, -0.1) is 0 Å². The standard InChI is InChI=1S/C11H15N3O/c1-2-14(10-5-7-12-8-6-10)11(15)13-9-3-4-9/h5-9H,2-4H2,1H3,(H,13,15). The molecule has 0 aromatic carbocycles. The predicted octanol–water partition coefficient (Wildman–Crippen LogP) is 1.78. The van der Waals surface area contributed by atoms with Crippen LogP contribution < -0.4 is 10.2 Å². The van der Waals surface area contributed by atoms with Crippen molar-refractivity contribution in [2.45, 2.75) is 25.8 Å². The van der Waals surface area contributed by atoms with E-state index in [4.69, 9.17) is 0 Å². The minimum Gasteiger partial charge on any atom is -0.335 e. The molecule has 0 spiro atoms. The second-order valence-corrected chi connectivity index (χ2v) is 3.67. The molecule has 4 heteroatoms. The molecule has 2 rings (SSSR count). The SMILES string of the molecule is CCN(C(=O)NC1CC1)c1ccncc1. The number of hydrogen-bond donors (Lipinski definition) is 1. The summed E-state index contributed by atoms with van der Waals surface area (Å²) >= 11 is 0. The largest absolute Gasteiger partial charge is 0.335 e. The molecule has 1 saturated carbocycles. The lowest BCUT2D eigenvalue weighted by molar-refractivity contribution is 0.246. The summed E-state index contributed by atoms with van der Waals surface area (Å²) in [6.45, 7) is 2.63. The predicted molar refractivity (Wildman–Crippen MR) is 58.8 cm³/mol. The lowest BCUT2D eigenvalue weighted by Gasteiger charge is -2.21.